The summed E-state index contributed by atoms with van der Waals surface area (Å²) >= 11 is 1.46. The zero-order valence-electron chi connectivity index (χ0n) is 17.3. The molecule has 2 aliphatic rings. The van der Waals surface area contributed by atoms with E-state index >= 15 is 0 Å². The van der Waals surface area contributed by atoms with Gasteiger partial charge < -0.3 is 10.2 Å². The van der Waals surface area contributed by atoms with Crippen molar-refractivity contribution in [3.63, 3.8) is 0 Å². The second-order valence-electron chi connectivity index (χ2n) is 7.94. The number of hydrogen-bond acceptors (Lipinski definition) is 5. The second-order valence-corrected chi connectivity index (χ2v) is 8.97. The summed E-state index contributed by atoms with van der Waals surface area (Å²) in [7, 11) is 2.14. The van der Waals surface area contributed by atoms with Crippen LogP contribution in [-0.4, -0.2) is 54.4 Å². The molecule has 1 aromatic heterocycles. The summed E-state index contributed by atoms with van der Waals surface area (Å²) in [4.78, 5) is 35.1. The molecule has 1 N–H and O–H groups in total. The number of pyridine rings is 1. The van der Waals surface area contributed by atoms with E-state index in [0.29, 0.717) is 23.2 Å². The molecule has 0 bridgehead atoms. The molecular formula is C23H28N4O2S. The van der Waals surface area contributed by atoms with Gasteiger partial charge in [-0.2, -0.15) is 0 Å². The van der Waals surface area contributed by atoms with Gasteiger partial charge in [0.25, 0.3) is 5.91 Å². The van der Waals surface area contributed by atoms with Crippen LogP contribution in [0.4, 0.5) is 5.69 Å². The van der Waals surface area contributed by atoms with E-state index in [1.807, 2.05) is 24.3 Å². The van der Waals surface area contributed by atoms with Gasteiger partial charge in [-0.15, -0.1) is 0 Å². The lowest BCUT2D eigenvalue weighted by molar-refractivity contribution is -0.119. The van der Waals surface area contributed by atoms with Gasteiger partial charge in [-0.1, -0.05) is 43.2 Å². The van der Waals surface area contributed by atoms with Crippen molar-refractivity contribution < 1.29 is 9.59 Å². The number of carbonyl (C=O) groups is 2. The van der Waals surface area contributed by atoms with E-state index < -0.39 is 0 Å². The average molecular weight is 425 g/mol. The average Bonchev–Trinajstić information content (AvgIpc) is 2.89. The summed E-state index contributed by atoms with van der Waals surface area (Å²) in [6.45, 7) is 1.41. The molecule has 7 heteroatoms. The van der Waals surface area contributed by atoms with Crippen LogP contribution in [-0.2, 0) is 4.79 Å². The molecule has 0 atom stereocenters. The lowest BCUT2D eigenvalue weighted by atomic mass is 9.94. The van der Waals surface area contributed by atoms with Gasteiger partial charge in [0.1, 0.15) is 11.6 Å². The number of amides is 2. The van der Waals surface area contributed by atoms with Crippen molar-refractivity contribution in [2.24, 2.45) is 0 Å². The van der Waals surface area contributed by atoms with E-state index in [9.17, 15) is 9.59 Å². The fraction of sp³-hybridized carbons (Fsp3) is 0.435. The molecule has 0 radical (unpaired) electrons. The molecule has 30 heavy (non-hydrogen) atoms. The van der Waals surface area contributed by atoms with Crippen LogP contribution in [0.25, 0.3) is 0 Å². The Balaban J connectivity index is 1.41. The van der Waals surface area contributed by atoms with Crippen molar-refractivity contribution in [2.75, 3.05) is 31.6 Å². The molecule has 1 aliphatic carbocycles. The molecule has 0 unspecified atom stereocenters. The number of carbonyl (C=O) groups excluding carboxylic acids is 2. The molecule has 0 saturated heterocycles. The fourth-order valence-corrected chi connectivity index (χ4v) is 5.21. The topological polar surface area (TPSA) is 65.5 Å². The van der Waals surface area contributed by atoms with Crippen LogP contribution < -0.4 is 10.2 Å². The molecule has 2 amide bonds. The minimum Gasteiger partial charge on any atom is -0.353 e. The molecule has 1 aromatic carbocycles. The normalized spacial score (nSPS) is 16.7. The first kappa shape index (κ1) is 20.9. The van der Waals surface area contributed by atoms with Crippen molar-refractivity contribution in [3.8, 4) is 0 Å². The Kier molecular flexibility index (Phi) is 6.69. The van der Waals surface area contributed by atoms with Gasteiger partial charge in [-0.3, -0.25) is 14.5 Å². The van der Waals surface area contributed by atoms with Crippen LogP contribution in [0.3, 0.4) is 0 Å². The lowest BCUT2D eigenvalue weighted by Crippen LogP contribution is -2.44. The Morgan fingerprint density at radius 1 is 1.20 bits per heavy atom. The fourth-order valence-electron chi connectivity index (χ4n) is 4.19. The first-order valence-electron chi connectivity index (χ1n) is 10.6. The van der Waals surface area contributed by atoms with Crippen LogP contribution in [0.15, 0.2) is 52.5 Å². The summed E-state index contributed by atoms with van der Waals surface area (Å²) in [6, 6.07) is 11.8. The Labute approximate surface area is 182 Å². The summed E-state index contributed by atoms with van der Waals surface area (Å²) in [5.41, 5.74) is 1.28. The highest BCUT2D eigenvalue weighted by Crippen LogP contribution is 2.39. The number of fused-ring (bicyclic) bond motifs is 2. The highest BCUT2D eigenvalue weighted by atomic mass is 32.2. The number of anilines is 1. The lowest BCUT2D eigenvalue weighted by Gasteiger charge is -2.31. The molecule has 0 spiro atoms. The van der Waals surface area contributed by atoms with Gasteiger partial charge >= 0.3 is 0 Å². The number of para-hydroxylation sites is 1. The Bertz CT molecular complexity index is 914. The quantitative estimate of drug-likeness (QED) is 0.768. The molecule has 1 fully saturated rings. The smallest absolute Gasteiger partial charge is 0.261 e. The number of hydrogen-bond donors (Lipinski definition) is 1. The van der Waals surface area contributed by atoms with Crippen LogP contribution in [0.1, 0.15) is 42.5 Å². The Morgan fingerprint density at radius 3 is 2.83 bits per heavy atom. The van der Waals surface area contributed by atoms with Gasteiger partial charge in [0.05, 0.1) is 11.3 Å². The van der Waals surface area contributed by atoms with Crippen molar-refractivity contribution in [2.45, 2.75) is 48.1 Å². The first-order chi connectivity index (χ1) is 14.6. The molecule has 1 aliphatic heterocycles. The second kappa shape index (κ2) is 9.62. The molecule has 6 nitrogen and oxygen atoms in total. The highest BCUT2D eigenvalue weighted by Gasteiger charge is 2.29. The molecule has 4 rings (SSSR count). The maximum absolute atomic E-state index is 13.2. The van der Waals surface area contributed by atoms with E-state index in [1.165, 1.54) is 43.9 Å². The van der Waals surface area contributed by atoms with Crippen molar-refractivity contribution in [3.05, 3.63) is 48.2 Å². The summed E-state index contributed by atoms with van der Waals surface area (Å²) in [5, 5.41) is 3.67. The third kappa shape index (κ3) is 4.68. The minimum atomic E-state index is -0.190. The van der Waals surface area contributed by atoms with Crippen LogP contribution in [0.2, 0.25) is 0 Å². The van der Waals surface area contributed by atoms with Gasteiger partial charge in [-0.05, 0) is 44.2 Å². The SMILES string of the molecule is CN(CCNC(=O)CN1C(=O)c2cccnc2Sc2ccccc21)C1CCCCC1. The third-order valence-corrected chi connectivity index (χ3v) is 6.98. The Hall–Kier alpha value is -2.38. The monoisotopic (exact) mass is 424 g/mol. The van der Waals surface area contributed by atoms with Crippen LogP contribution >= 0.6 is 11.8 Å². The van der Waals surface area contributed by atoms with E-state index in [-0.39, 0.29) is 18.4 Å². The highest BCUT2D eigenvalue weighted by molar-refractivity contribution is 7.99. The van der Waals surface area contributed by atoms with Gasteiger partial charge in [0, 0.05) is 30.2 Å². The predicted octanol–water partition coefficient (Wildman–Crippen LogP) is 3.57. The van der Waals surface area contributed by atoms with Crippen molar-refractivity contribution in [1.82, 2.24) is 15.2 Å². The summed E-state index contributed by atoms with van der Waals surface area (Å²) in [6.07, 6.45) is 8.11. The largest absolute Gasteiger partial charge is 0.353 e. The predicted molar refractivity (Wildman–Crippen MR) is 119 cm³/mol. The number of nitrogens with zero attached hydrogens (tertiary/aromatic N) is 3. The van der Waals surface area contributed by atoms with Crippen LogP contribution in [0.5, 0.6) is 0 Å². The molecule has 2 aromatic rings. The molecular weight excluding hydrogens is 396 g/mol. The van der Waals surface area contributed by atoms with Gasteiger partial charge in [0.15, 0.2) is 0 Å². The van der Waals surface area contributed by atoms with E-state index in [2.05, 4.69) is 22.2 Å². The zero-order valence-corrected chi connectivity index (χ0v) is 18.2. The number of aromatic nitrogens is 1. The molecule has 1 saturated carbocycles. The molecule has 2 heterocycles. The standard InChI is InChI=1S/C23H28N4O2S/c1-26(17-8-3-2-4-9-17)15-14-24-21(28)16-27-19-11-5-6-12-20(19)30-22-18(23(27)29)10-7-13-25-22/h5-7,10-13,17H,2-4,8-9,14-16H2,1H3,(H,24,28). The van der Waals surface area contributed by atoms with E-state index in [1.54, 1.807) is 23.2 Å². The number of rotatable bonds is 6. The maximum atomic E-state index is 13.2. The molecule has 158 valence electrons. The van der Waals surface area contributed by atoms with Crippen molar-refractivity contribution >= 4 is 29.3 Å². The van der Waals surface area contributed by atoms with Crippen molar-refractivity contribution in [1.29, 1.82) is 0 Å². The van der Waals surface area contributed by atoms with Gasteiger partial charge in [-0.25, -0.2) is 4.98 Å². The van der Waals surface area contributed by atoms with Gasteiger partial charge in [0.2, 0.25) is 5.91 Å². The summed E-state index contributed by atoms with van der Waals surface area (Å²) in [5.74, 6) is -0.336. The zero-order chi connectivity index (χ0) is 20.9. The van der Waals surface area contributed by atoms with E-state index in [4.69, 9.17) is 0 Å². The Morgan fingerprint density at radius 2 is 2.00 bits per heavy atom. The number of benzene rings is 1. The minimum absolute atomic E-state index is 0.00210. The number of likely N-dealkylation sites (N-methyl/N-ethyl adjacent to an activating group) is 1. The third-order valence-electron chi connectivity index (χ3n) is 5.90. The first-order valence-corrected chi connectivity index (χ1v) is 11.5. The maximum Gasteiger partial charge on any atom is 0.261 e. The van der Waals surface area contributed by atoms with Crippen LogP contribution in [0, 0.1) is 0 Å². The van der Waals surface area contributed by atoms with E-state index in [0.717, 1.165) is 17.1 Å². The summed E-state index contributed by atoms with van der Waals surface area (Å²) < 4.78 is 0. The number of nitrogens with one attached hydrogen (secondary N) is 1.